The van der Waals surface area contributed by atoms with Crippen molar-refractivity contribution in [1.29, 1.82) is 0 Å². The first-order valence-corrected chi connectivity index (χ1v) is 8.59. The van der Waals surface area contributed by atoms with Crippen LogP contribution in [0.25, 0.3) is 0 Å². The van der Waals surface area contributed by atoms with Crippen LogP contribution in [-0.4, -0.2) is 23.5 Å². The molecular weight excluding hydrogens is 292 g/mol. The Morgan fingerprint density at radius 1 is 1.13 bits per heavy atom. The SMILES string of the molecule is O=C(O)CC(=O)C1CCC(COc2ccccc2C2CCC2)C1. The van der Waals surface area contributed by atoms with Crippen LogP contribution in [0.3, 0.4) is 0 Å². The average molecular weight is 316 g/mol. The van der Waals surface area contributed by atoms with Crippen molar-refractivity contribution in [3.63, 3.8) is 0 Å². The summed E-state index contributed by atoms with van der Waals surface area (Å²) < 4.78 is 6.06. The molecule has 0 aliphatic heterocycles. The van der Waals surface area contributed by atoms with E-state index in [1.54, 1.807) is 0 Å². The van der Waals surface area contributed by atoms with Crippen LogP contribution in [0.4, 0.5) is 0 Å². The summed E-state index contributed by atoms with van der Waals surface area (Å²) in [5, 5.41) is 8.73. The highest BCUT2D eigenvalue weighted by Gasteiger charge is 2.31. The molecule has 0 spiro atoms. The first kappa shape index (κ1) is 16.0. The van der Waals surface area contributed by atoms with Crippen molar-refractivity contribution in [1.82, 2.24) is 0 Å². The highest BCUT2D eigenvalue weighted by Crippen LogP contribution is 2.41. The van der Waals surface area contributed by atoms with Crippen molar-refractivity contribution >= 4 is 11.8 Å². The Labute approximate surface area is 136 Å². The number of para-hydroxylation sites is 1. The molecule has 1 N–H and O–H groups in total. The Kier molecular flexibility index (Phi) is 4.99. The largest absolute Gasteiger partial charge is 0.493 e. The van der Waals surface area contributed by atoms with Gasteiger partial charge in [-0.3, -0.25) is 9.59 Å². The first-order chi connectivity index (χ1) is 11.1. The number of carbonyl (C=O) groups excluding carboxylic acids is 1. The minimum absolute atomic E-state index is 0.0958. The molecule has 4 nitrogen and oxygen atoms in total. The van der Waals surface area contributed by atoms with Crippen molar-refractivity contribution in [3.05, 3.63) is 29.8 Å². The number of rotatable bonds is 7. The number of Topliss-reactive ketones (excluding diaryl/α,β-unsaturated/α-hetero) is 1. The summed E-state index contributed by atoms with van der Waals surface area (Å²) in [6, 6.07) is 8.27. The second-order valence-corrected chi connectivity index (χ2v) is 6.89. The van der Waals surface area contributed by atoms with Gasteiger partial charge in [0, 0.05) is 5.92 Å². The summed E-state index contributed by atoms with van der Waals surface area (Å²) >= 11 is 0. The molecule has 2 aliphatic carbocycles. The number of benzene rings is 1. The lowest BCUT2D eigenvalue weighted by Gasteiger charge is -2.28. The maximum atomic E-state index is 11.8. The predicted octanol–water partition coefficient (Wildman–Crippen LogP) is 3.79. The van der Waals surface area contributed by atoms with Crippen LogP contribution in [0.15, 0.2) is 24.3 Å². The molecule has 124 valence electrons. The van der Waals surface area contributed by atoms with Crippen molar-refractivity contribution in [2.24, 2.45) is 11.8 Å². The van der Waals surface area contributed by atoms with Crippen LogP contribution >= 0.6 is 0 Å². The van der Waals surface area contributed by atoms with Crippen LogP contribution in [0.5, 0.6) is 5.75 Å². The van der Waals surface area contributed by atoms with E-state index >= 15 is 0 Å². The monoisotopic (exact) mass is 316 g/mol. The zero-order valence-corrected chi connectivity index (χ0v) is 13.4. The summed E-state index contributed by atoms with van der Waals surface area (Å²) in [4.78, 5) is 22.5. The van der Waals surface area contributed by atoms with E-state index in [0.29, 0.717) is 18.4 Å². The highest BCUT2D eigenvalue weighted by molar-refractivity contribution is 5.96. The van der Waals surface area contributed by atoms with E-state index in [9.17, 15) is 9.59 Å². The molecule has 0 saturated heterocycles. The van der Waals surface area contributed by atoms with E-state index in [2.05, 4.69) is 12.1 Å². The van der Waals surface area contributed by atoms with E-state index in [4.69, 9.17) is 9.84 Å². The lowest BCUT2D eigenvalue weighted by atomic mass is 9.80. The molecule has 0 heterocycles. The number of ether oxygens (including phenoxy) is 1. The number of carbonyl (C=O) groups is 2. The maximum Gasteiger partial charge on any atom is 0.310 e. The topological polar surface area (TPSA) is 63.6 Å². The normalized spacial score (nSPS) is 24.2. The molecule has 2 fully saturated rings. The fourth-order valence-electron chi connectivity index (χ4n) is 3.69. The van der Waals surface area contributed by atoms with Crippen LogP contribution in [0.2, 0.25) is 0 Å². The van der Waals surface area contributed by atoms with Gasteiger partial charge in [-0.05, 0) is 55.6 Å². The van der Waals surface area contributed by atoms with Crippen LogP contribution in [0.1, 0.15) is 56.4 Å². The summed E-state index contributed by atoms with van der Waals surface area (Å²) in [6.45, 7) is 0.626. The molecule has 2 unspecified atom stereocenters. The third-order valence-corrected chi connectivity index (χ3v) is 5.26. The van der Waals surface area contributed by atoms with Crippen molar-refractivity contribution in [3.8, 4) is 5.75 Å². The molecule has 0 amide bonds. The molecule has 2 aliphatic rings. The molecule has 0 radical (unpaired) electrons. The summed E-state index contributed by atoms with van der Waals surface area (Å²) in [5.74, 6) is 0.727. The lowest BCUT2D eigenvalue weighted by Crippen LogP contribution is -2.17. The van der Waals surface area contributed by atoms with Crippen molar-refractivity contribution in [2.45, 2.75) is 50.9 Å². The van der Waals surface area contributed by atoms with Crippen LogP contribution < -0.4 is 4.74 Å². The Morgan fingerprint density at radius 3 is 2.61 bits per heavy atom. The molecule has 23 heavy (non-hydrogen) atoms. The fraction of sp³-hybridized carbons (Fsp3) is 0.579. The quantitative estimate of drug-likeness (QED) is 0.777. The van der Waals surface area contributed by atoms with Gasteiger partial charge in [-0.15, -0.1) is 0 Å². The van der Waals surface area contributed by atoms with E-state index < -0.39 is 5.97 Å². The van der Waals surface area contributed by atoms with Gasteiger partial charge in [-0.2, -0.15) is 0 Å². The number of hydrogen-bond donors (Lipinski definition) is 1. The van der Waals surface area contributed by atoms with Crippen LogP contribution in [-0.2, 0) is 9.59 Å². The van der Waals surface area contributed by atoms with E-state index in [-0.39, 0.29) is 18.1 Å². The third kappa shape index (κ3) is 3.92. The molecular formula is C19H24O4. The Balaban J connectivity index is 1.52. The minimum atomic E-state index is -1.02. The highest BCUT2D eigenvalue weighted by atomic mass is 16.5. The lowest BCUT2D eigenvalue weighted by molar-refractivity contribution is -0.141. The minimum Gasteiger partial charge on any atom is -0.493 e. The number of hydrogen-bond acceptors (Lipinski definition) is 3. The van der Waals surface area contributed by atoms with Gasteiger partial charge in [0.25, 0.3) is 0 Å². The molecule has 3 rings (SSSR count). The number of carboxylic acid groups (broad SMARTS) is 1. The molecule has 2 saturated carbocycles. The van der Waals surface area contributed by atoms with Gasteiger partial charge in [0.05, 0.1) is 6.61 Å². The average Bonchev–Trinajstić information content (AvgIpc) is 2.93. The van der Waals surface area contributed by atoms with Gasteiger partial charge in [0.15, 0.2) is 0 Å². The number of ketones is 1. The van der Waals surface area contributed by atoms with Gasteiger partial charge in [-0.1, -0.05) is 24.6 Å². The van der Waals surface area contributed by atoms with Crippen LogP contribution in [0, 0.1) is 11.8 Å². The summed E-state index contributed by atoms with van der Waals surface area (Å²) in [7, 11) is 0. The Hall–Kier alpha value is -1.84. The van der Waals surface area contributed by atoms with Gasteiger partial charge in [0.2, 0.25) is 0 Å². The zero-order valence-electron chi connectivity index (χ0n) is 13.4. The summed E-state index contributed by atoms with van der Waals surface area (Å²) in [5.41, 5.74) is 1.32. The second-order valence-electron chi connectivity index (χ2n) is 6.89. The zero-order chi connectivity index (χ0) is 16.2. The molecule has 0 bridgehead atoms. The molecule has 4 heteroatoms. The molecule has 2 atom stereocenters. The smallest absolute Gasteiger partial charge is 0.310 e. The predicted molar refractivity (Wildman–Crippen MR) is 86.6 cm³/mol. The second kappa shape index (κ2) is 7.16. The maximum absolute atomic E-state index is 11.8. The third-order valence-electron chi connectivity index (χ3n) is 5.26. The van der Waals surface area contributed by atoms with E-state index in [1.165, 1.54) is 24.8 Å². The molecule has 0 aromatic heterocycles. The first-order valence-electron chi connectivity index (χ1n) is 8.59. The van der Waals surface area contributed by atoms with Gasteiger partial charge >= 0.3 is 5.97 Å². The van der Waals surface area contributed by atoms with Gasteiger partial charge < -0.3 is 9.84 Å². The van der Waals surface area contributed by atoms with Crippen molar-refractivity contribution < 1.29 is 19.4 Å². The molecule has 1 aromatic rings. The van der Waals surface area contributed by atoms with Gasteiger partial charge in [0.1, 0.15) is 18.0 Å². The number of aliphatic carboxylic acids is 1. The fourth-order valence-corrected chi connectivity index (χ4v) is 3.69. The van der Waals surface area contributed by atoms with E-state index in [0.717, 1.165) is 25.0 Å². The number of carboxylic acids is 1. The standard InChI is InChI=1S/C19H24O4/c20-17(11-19(21)22)15-9-8-13(10-15)12-23-18-7-2-1-6-16(18)14-4-3-5-14/h1-2,6-7,13-15H,3-5,8-12H2,(H,21,22). The Morgan fingerprint density at radius 2 is 1.91 bits per heavy atom. The van der Waals surface area contributed by atoms with E-state index in [1.807, 2.05) is 12.1 Å². The van der Waals surface area contributed by atoms with Gasteiger partial charge in [-0.25, -0.2) is 0 Å². The molecule has 1 aromatic carbocycles. The summed E-state index contributed by atoms with van der Waals surface area (Å²) in [6.07, 6.45) is 5.95. The van der Waals surface area contributed by atoms with Crippen molar-refractivity contribution in [2.75, 3.05) is 6.61 Å². The Bertz CT molecular complexity index is 576.